The lowest BCUT2D eigenvalue weighted by molar-refractivity contribution is -0.133. The predicted molar refractivity (Wildman–Crippen MR) is 91.7 cm³/mol. The second kappa shape index (κ2) is 8.50. The van der Waals surface area contributed by atoms with E-state index < -0.39 is 5.97 Å². The van der Waals surface area contributed by atoms with Gasteiger partial charge in [0.1, 0.15) is 5.75 Å². The molecule has 0 aliphatic carbocycles. The smallest absolute Gasteiger partial charge is 0.338 e. The lowest BCUT2D eigenvalue weighted by Gasteiger charge is -2.15. The highest BCUT2D eigenvalue weighted by Gasteiger charge is 2.13. The van der Waals surface area contributed by atoms with Gasteiger partial charge in [0.2, 0.25) is 0 Å². The fraction of sp³-hybridized carbons (Fsp3) is 0.211. The first kappa shape index (κ1) is 18.0. The van der Waals surface area contributed by atoms with Crippen molar-refractivity contribution in [2.75, 3.05) is 20.2 Å². The van der Waals surface area contributed by atoms with Crippen molar-refractivity contribution in [3.05, 3.63) is 54.1 Å². The molecule has 0 saturated carbocycles. The van der Waals surface area contributed by atoms with Gasteiger partial charge in [-0.2, -0.15) is 5.26 Å². The van der Waals surface area contributed by atoms with Gasteiger partial charge < -0.3 is 14.7 Å². The van der Waals surface area contributed by atoms with Crippen LogP contribution in [0.2, 0.25) is 0 Å². The molecule has 0 atom stereocenters. The largest absolute Gasteiger partial charge is 0.508 e. The topological polar surface area (TPSA) is 90.6 Å². The fourth-order valence-electron chi connectivity index (χ4n) is 2.12. The van der Waals surface area contributed by atoms with E-state index in [4.69, 9.17) is 10.00 Å². The van der Waals surface area contributed by atoms with Crippen molar-refractivity contribution < 1.29 is 19.4 Å². The lowest BCUT2D eigenvalue weighted by atomic mass is 10.0. The van der Waals surface area contributed by atoms with Gasteiger partial charge in [0.25, 0.3) is 5.91 Å². The Balaban J connectivity index is 1.93. The first-order valence-electron chi connectivity index (χ1n) is 7.69. The number of hydrogen-bond acceptors (Lipinski definition) is 5. The Morgan fingerprint density at radius 3 is 2.20 bits per heavy atom. The number of hydrogen-bond donors (Lipinski definition) is 1. The molecular formula is C19H18N2O4. The van der Waals surface area contributed by atoms with Gasteiger partial charge in [-0.1, -0.05) is 24.3 Å². The quantitative estimate of drug-likeness (QED) is 0.818. The normalized spacial score (nSPS) is 9.92. The zero-order valence-corrected chi connectivity index (χ0v) is 13.8. The van der Waals surface area contributed by atoms with Gasteiger partial charge in [-0.15, -0.1) is 0 Å². The molecule has 1 N–H and O–H groups in total. The summed E-state index contributed by atoms with van der Waals surface area (Å²) in [6.07, 6.45) is 0.231. The van der Waals surface area contributed by atoms with E-state index in [1.807, 2.05) is 6.07 Å². The number of likely N-dealkylation sites (N-methyl/N-ethyl adjacent to an activating group) is 1. The molecule has 6 heteroatoms. The average Bonchev–Trinajstić information content (AvgIpc) is 2.64. The number of carbonyl (C=O) groups excluding carboxylic acids is 2. The number of benzene rings is 2. The molecule has 0 bridgehead atoms. The number of carbonyl (C=O) groups is 2. The van der Waals surface area contributed by atoms with Gasteiger partial charge in [-0.05, 0) is 35.4 Å². The minimum atomic E-state index is -0.584. The van der Waals surface area contributed by atoms with Gasteiger partial charge in [0.05, 0.1) is 18.1 Å². The summed E-state index contributed by atoms with van der Waals surface area (Å²) in [6, 6.07) is 15.5. The van der Waals surface area contributed by atoms with E-state index in [2.05, 4.69) is 0 Å². The Kier molecular flexibility index (Phi) is 6.13. The molecule has 0 aromatic heterocycles. The molecule has 0 radical (unpaired) electrons. The van der Waals surface area contributed by atoms with Crippen LogP contribution < -0.4 is 0 Å². The molecule has 6 nitrogen and oxygen atoms in total. The molecule has 128 valence electrons. The number of aromatic hydroxyl groups is 1. The molecule has 2 aromatic carbocycles. The van der Waals surface area contributed by atoms with Crippen LogP contribution in [-0.4, -0.2) is 42.1 Å². The van der Waals surface area contributed by atoms with Crippen LogP contribution in [0.5, 0.6) is 5.75 Å². The van der Waals surface area contributed by atoms with Gasteiger partial charge in [-0.25, -0.2) is 4.79 Å². The maximum Gasteiger partial charge on any atom is 0.338 e. The van der Waals surface area contributed by atoms with Crippen LogP contribution in [0.15, 0.2) is 48.5 Å². The molecule has 0 spiro atoms. The van der Waals surface area contributed by atoms with Crippen molar-refractivity contribution in [2.24, 2.45) is 0 Å². The van der Waals surface area contributed by atoms with Crippen LogP contribution in [0.25, 0.3) is 11.1 Å². The highest BCUT2D eigenvalue weighted by Crippen LogP contribution is 2.22. The highest BCUT2D eigenvalue weighted by atomic mass is 16.5. The van der Waals surface area contributed by atoms with E-state index in [0.29, 0.717) is 12.1 Å². The molecule has 25 heavy (non-hydrogen) atoms. The number of rotatable bonds is 6. The Bertz CT molecular complexity index is 777. The zero-order valence-electron chi connectivity index (χ0n) is 13.8. The van der Waals surface area contributed by atoms with E-state index in [9.17, 15) is 14.7 Å². The Morgan fingerprint density at radius 1 is 1.08 bits per heavy atom. The van der Waals surface area contributed by atoms with Gasteiger partial charge >= 0.3 is 5.97 Å². The van der Waals surface area contributed by atoms with Crippen molar-refractivity contribution in [1.29, 1.82) is 5.26 Å². The Hall–Kier alpha value is -3.33. The van der Waals surface area contributed by atoms with E-state index >= 15 is 0 Å². The maximum atomic E-state index is 12.0. The summed E-state index contributed by atoms with van der Waals surface area (Å²) in [5.74, 6) is -0.753. The van der Waals surface area contributed by atoms with Gasteiger partial charge in [0, 0.05) is 13.6 Å². The van der Waals surface area contributed by atoms with Crippen molar-refractivity contribution in [2.45, 2.75) is 6.42 Å². The van der Waals surface area contributed by atoms with E-state index in [1.165, 1.54) is 4.90 Å². The lowest BCUT2D eigenvalue weighted by Crippen LogP contribution is -2.31. The molecule has 0 aliphatic heterocycles. The van der Waals surface area contributed by atoms with Crippen molar-refractivity contribution in [1.82, 2.24) is 4.90 Å². The SMILES string of the molecule is CN(CCC#N)C(=O)COC(=O)c1ccc(-c2ccc(O)cc2)cc1. The third-order valence-electron chi connectivity index (χ3n) is 3.63. The molecule has 0 saturated heterocycles. The van der Waals surface area contributed by atoms with E-state index in [1.54, 1.807) is 55.6 Å². The molecule has 0 heterocycles. The number of nitrogens with zero attached hydrogens (tertiary/aromatic N) is 2. The summed E-state index contributed by atoms with van der Waals surface area (Å²) in [5.41, 5.74) is 2.14. The number of amides is 1. The van der Waals surface area contributed by atoms with Gasteiger partial charge in [0.15, 0.2) is 6.61 Å². The second-order valence-electron chi connectivity index (χ2n) is 5.42. The minimum Gasteiger partial charge on any atom is -0.508 e. The summed E-state index contributed by atoms with van der Waals surface area (Å²) in [4.78, 5) is 25.1. The van der Waals surface area contributed by atoms with Crippen LogP contribution in [-0.2, 0) is 9.53 Å². The van der Waals surface area contributed by atoms with E-state index in [0.717, 1.165) is 11.1 Å². The summed E-state index contributed by atoms with van der Waals surface area (Å²) in [7, 11) is 1.56. The summed E-state index contributed by atoms with van der Waals surface area (Å²) in [6.45, 7) is -0.0608. The fourth-order valence-corrected chi connectivity index (χ4v) is 2.12. The second-order valence-corrected chi connectivity index (χ2v) is 5.42. The number of phenolic OH excluding ortho intramolecular Hbond substituents is 1. The van der Waals surface area contributed by atoms with Crippen LogP contribution in [0.3, 0.4) is 0 Å². The minimum absolute atomic E-state index is 0.188. The molecule has 0 aliphatic rings. The van der Waals surface area contributed by atoms with Crippen LogP contribution in [0.4, 0.5) is 0 Å². The van der Waals surface area contributed by atoms with Crippen molar-refractivity contribution in [3.8, 4) is 22.9 Å². The zero-order chi connectivity index (χ0) is 18.2. The van der Waals surface area contributed by atoms with Crippen LogP contribution >= 0.6 is 0 Å². The third-order valence-corrected chi connectivity index (χ3v) is 3.63. The third kappa shape index (κ3) is 5.08. The molecule has 0 fully saturated rings. The van der Waals surface area contributed by atoms with Crippen molar-refractivity contribution in [3.63, 3.8) is 0 Å². The van der Waals surface area contributed by atoms with E-state index in [-0.39, 0.29) is 24.7 Å². The summed E-state index contributed by atoms with van der Waals surface area (Å²) < 4.78 is 5.01. The highest BCUT2D eigenvalue weighted by molar-refractivity contribution is 5.91. The monoisotopic (exact) mass is 338 g/mol. The number of phenols is 1. The Labute approximate surface area is 145 Å². The predicted octanol–water partition coefficient (Wildman–Crippen LogP) is 2.59. The Morgan fingerprint density at radius 2 is 1.64 bits per heavy atom. The van der Waals surface area contributed by atoms with Crippen LogP contribution in [0.1, 0.15) is 16.8 Å². The van der Waals surface area contributed by atoms with Gasteiger partial charge in [-0.3, -0.25) is 4.79 Å². The van der Waals surface area contributed by atoms with Crippen LogP contribution in [0, 0.1) is 11.3 Å². The molecule has 1 amide bonds. The number of ether oxygens (including phenoxy) is 1. The molecular weight excluding hydrogens is 320 g/mol. The first-order chi connectivity index (χ1) is 12.0. The number of nitriles is 1. The molecule has 2 aromatic rings. The summed E-state index contributed by atoms with van der Waals surface area (Å²) >= 11 is 0. The first-order valence-corrected chi connectivity index (χ1v) is 7.69. The molecule has 2 rings (SSSR count). The maximum absolute atomic E-state index is 12.0. The standard InChI is InChI=1S/C19H18N2O4/c1-21(12-2-11-20)18(23)13-25-19(24)16-5-3-14(4-6-16)15-7-9-17(22)10-8-15/h3-10,22H,2,12-13H2,1H3. The average molecular weight is 338 g/mol. The summed E-state index contributed by atoms with van der Waals surface area (Å²) in [5, 5.41) is 17.8. The molecule has 0 unspecified atom stereocenters. The number of esters is 1. The van der Waals surface area contributed by atoms with Crippen molar-refractivity contribution >= 4 is 11.9 Å².